The number of halogens is 2. The van der Waals surface area contributed by atoms with Crippen LogP contribution in [-0.4, -0.2) is 47.1 Å². The molecule has 0 fully saturated rings. The topological polar surface area (TPSA) is 120 Å². The Labute approximate surface area is 239 Å². The number of hydrogen-bond acceptors (Lipinski definition) is 8. The summed E-state index contributed by atoms with van der Waals surface area (Å²) in [5.74, 6) is 0.143. The van der Waals surface area contributed by atoms with Crippen molar-refractivity contribution in [2.24, 2.45) is 0 Å². The zero-order valence-corrected chi connectivity index (χ0v) is 25.4. The molecule has 8 nitrogen and oxygen atoms in total. The van der Waals surface area contributed by atoms with E-state index in [2.05, 4.69) is 0 Å². The summed E-state index contributed by atoms with van der Waals surface area (Å²) in [6, 6.07) is 15.1. The predicted molar refractivity (Wildman–Crippen MR) is 146 cm³/mol. The number of aromatic nitrogens is 1. The number of benzene rings is 2. The zero-order chi connectivity index (χ0) is 28.0. The number of pyridine rings is 1. The first-order valence-corrected chi connectivity index (χ1v) is 19.6. The van der Waals surface area contributed by atoms with Crippen LogP contribution in [0.1, 0.15) is 5.56 Å². The van der Waals surface area contributed by atoms with Crippen LogP contribution < -0.4 is 24.2 Å². The molecule has 0 aliphatic rings. The maximum atomic E-state index is 13.9. The van der Waals surface area contributed by atoms with Gasteiger partial charge in [0.2, 0.25) is 0 Å². The predicted octanol–water partition coefficient (Wildman–Crippen LogP) is 3.21. The molecule has 2 heterocycles. The van der Waals surface area contributed by atoms with Crippen LogP contribution in [-0.2, 0) is 19.2 Å². The molecule has 0 spiro atoms. The molecule has 203 valence electrons. The van der Waals surface area contributed by atoms with Gasteiger partial charge in [-0.25, -0.2) is 0 Å². The van der Waals surface area contributed by atoms with E-state index in [1.54, 1.807) is 18.2 Å². The molecule has 4 aromatic rings. The molecule has 2 aromatic carbocycles. The van der Waals surface area contributed by atoms with Gasteiger partial charge in [0.1, 0.15) is 0 Å². The summed E-state index contributed by atoms with van der Waals surface area (Å²) in [6.45, 7) is 1.15. The fraction of sp³-hybridized carbons (Fsp3) is 0.200. The molecule has 0 saturated carbocycles. The molecular formula is C25H21AsClFN2O6PS2. The van der Waals surface area contributed by atoms with Crippen molar-refractivity contribution >= 4 is 68.4 Å². The molecule has 0 N–H and O–H groups in total. The Hall–Kier alpha value is -2.44. The van der Waals surface area contributed by atoms with Crippen molar-refractivity contribution in [1.82, 2.24) is 0 Å². The van der Waals surface area contributed by atoms with E-state index in [9.17, 15) is 22.3 Å². The SMILES string of the molecule is N#Cc1ccc(P(=O)([O-])C[As]S(=O)(=O)c2cc3cc(OCC[n+]4ccccc4)c(OCCCl)cc3s2)cc1F. The van der Waals surface area contributed by atoms with E-state index >= 15 is 0 Å². The van der Waals surface area contributed by atoms with Gasteiger partial charge in [-0.1, -0.05) is 6.07 Å². The maximum absolute atomic E-state index is 13.9. The number of nitriles is 1. The Kier molecular flexibility index (Phi) is 9.71. The second kappa shape index (κ2) is 12.8. The number of hydrogen-bond donors (Lipinski definition) is 0. The van der Waals surface area contributed by atoms with Gasteiger partial charge >= 0.3 is 235 Å². The molecule has 0 aliphatic heterocycles. The Morgan fingerprint density at radius 3 is 2.51 bits per heavy atom. The minimum absolute atomic E-state index is 0.0313. The van der Waals surface area contributed by atoms with Crippen LogP contribution in [0, 0.1) is 17.1 Å². The molecule has 4 rings (SSSR count). The Morgan fingerprint density at radius 1 is 1.10 bits per heavy atom. The van der Waals surface area contributed by atoms with E-state index in [4.69, 9.17) is 26.3 Å². The third-order valence-corrected chi connectivity index (χ3v) is 18.9. The van der Waals surface area contributed by atoms with Gasteiger partial charge in [-0.05, 0) is 0 Å². The minimum atomic E-state index is -4.41. The Balaban J connectivity index is 1.53. The molecular weight excluding hydrogens is 649 g/mol. The normalized spacial score (nSPS) is 13.4. The molecule has 39 heavy (non-hydrogen) atoms. The fourth-order valence-corrected chi connectivity index (χ4v) is 16.9. The molecule has 0 aliphatic carbocycles. The number of nitrogens with zero attached hydrogens (tertiary/aromatic N) is 2. The van der Waals surface area contributed by atoms with E-state index in [0.29, 0.717) is 34.7 Å². The van der Waals surface area contributed by atoms with Gasteiger partial charge in [-0.15, -0.1) is 0 Å². The molecule has 0 bridgehead atoms. The average Bonchev–Trinajstić information content (AvgIpc) is 3.35. The molecule has 1 atom stereocenters. The van der Waals surface area contributed by atoms with E-state index in [1.807, 2.05) is 35.2 Å². The van der Waals surface area contributed by atoms with Crippen LogP contribution in [0.5, 0.6) is 11.5 Å². The van der Waals surface area contributed by atoms with Crippen molar-refractivity contribution in [2.45, 2.75) is 10.8 Å². The summed E-state index contributed by atoms with van der Waals surface area (Å²) in [6.07, 6.45) is 3.82. The summed E-state index contributed by atoms with van der Waals surface area (Å²) < 4.78 is 67.2. The molecule has 0 saturated heterocycles. The number of rotatable bonds is 12. The number of ether oxygens (including phenoxy) is 2. The van der Waals surface area contributed by atoms with Gasteiger partial charge in [0.15, 0.2) is 0 Å². The van der Waals surface area contributed by atoms with Crippen molar-refractivity contribution in [1.29, 1.82) is 5.26 Å². The van der Waals surface area contributed by atoms with Crippen LogP contribution in [0.15, 0.2) is 71.2 Å². The first kappa shape index (κ1) is 29.5. The van der Waals surface area contributed by atoms with Crippen LogP contribution >= 0.6 is 30.3 Å². The zero-order valence-electron chi connectivity index (χ0n) is 20.2. The summed E-state index contributed by atoms with van der Waals surface area (Å²) in [5.41, 5.74) is -0.290. The van der Waals surface area contributed by atoms with Gasteiger partial charge < -0.3 is 0 Å². The summed E-state index contributed by atoms with van der Waals surface area (Å²) in [7, 11) is -8.30. The monoisotopic (exact) mass is 669 g/mol. The van der Waals surface area contributed by atoms with Crippen LogP contribution in [0.4, 0.5) is 4.39 Å². The van der Waals surface area contributed by atoms with E-state index < -0.39 is 40.8 Å². The van der Waals surface area contributed by atoms with Gasteiger partial charge in [-0.3, -0.25) is 0 Å². The van der Waals surface area contributed by atoms with Crippen molar-refractivity contribution in [3.05, 3.63) is 78.4 Å². The van der Waals surface area contributed by atoms with Crippen LogP contribution in [0.2, 0.25) is 0 Å². The molecule has 0 amide bonds. The first-order valence-electron chi connectivity index (χ1n) is 11.4. The second-order valence-corrected chi connectivity index (χ2v) is 20.0. The Bertz CT molecular complexity index is 1680. The fourth-order valence-electron chi connectivity index (χ4n) is 3.47. The second-order valence-electron chi connectivity index (χ2n) is 8.10. The average molecular weight is 670 g/mol. The molecule has 2 aromatic heterocycles. The van der Waals surface area contributed by atoms with E-state index in [1.165, 1.54) is 6.07 Å². The third-order valence-electron chi connectivity index (χ3n) is 5.41. The quantitative estimate of drug-likeness (QED) is 0.0984. The van der Waals surface area contributed by atoms with Crippen LogP contribution in [0.3, 0.4) is 0 Å². The van der Waals surface area contributed by atoms with Crippen molar-refractivity contribution in [3.63, 3.8) is 0 Å². The summed E-state index contributed by atoms with van der Waals surface area (Å²) >= 11 is 5.07. The van der Waals surface area contributed by atoms with E-state index in [0.717, 1.165) is 29.5 Å². The standard InChI is InChI=1S/C25H21AsClFN2O6PS2/c27-6-10-35-23-15-24-19(12-22(23)36-11-9-30-7-2-1-3-8-30)13-25(38-24)39(33,34)26-17-37(31,32)20-5-4-18(16-29)21(28)14-20/h1-5,7-8,12-15H,6,9-11,17H2. The van der Waals surface area contributed by atoms with E-state index in [-0.39, 0.29) is 27.6 Å². The summed E-state index contributed by atoms with van der Waals surface area (Å²) in [5, 5.41) is 9.12. The van der Waals surface area contributed by atoms with Gasteiger partial charge in [0.05, 0.1) is 0 Å². The van der Waals surface area contributed by atoms with Crippen molar-refractivity contribution < 1.29 is 36.3 Å². The number of fused-ring (bicyclic) bond motifs is 1. The molecule has 1 unspecified atom stereocenters. The van der Waals surface area contributed by atoms with Crippen molar-refractivity contribution in [2.75, 3.05) is 24.0 Å². The number of thiophene rings is 1. The first-order chi connectivity index (χ1) is 18.6. The van der Waals surface area contributed by atoms with Crippen molar-refractivity contribution in [3.8, 4) is 17.6 Å². The molecule has 14 heteroatoms. The van der Waals surface area contributed by atoms with Gasteiger partial charge in [0.25, 0.3) is 0 Å². The number of alkyl halides is 1. The summed E-state index contributed by atoms with van der Waals surface area (Å²) in [4.78, 5) is 12.1. The van der Waals surface area contributed by atoms with Gasteiger partial charge in [0, 0.05) is 0 Å². The molecule has 1 radical (unpaired) electrons. The van der Waals surface area contributed by atoms with Crippen LogP contribution in [0.25, 0.3) is 10.1 Å². The third kappa shape index (κ3) is 7.40. The Morgan fingerprint density at radius 2 is 1.82 bits per heavy atom. The van der Waals surface area contributed by atoms with Gasteiger partial charge in [-0.2, -0.15) is 0 Å².